The summed E-state index contributed by atoms with van der Waals surface area (Å²) in [7, 11) is 0. The standard InChI is InChI=1S/C18H19N3O/c19-13-16-7-4-8-17(11-16)14-20-9-10-21-18(22)12-15-5-2-1-3-6-15/h1-8,11,20H,9-10,12,14H2,(H,21,22). The van der Waals surface area contributed by atoms with Crippen LogP contribution in [0.5, 0.6) is 0 Å². The van der Waals surface area contributed by atoms with Crippen LogP contribution < -0.4 is 10.6 Å². The maximum atomic E-state index is 11.8. The van der Waals surface area contributed by atoms with E-state index < -0.39 is 0 Å². The first kappa shape index (κ1) is 15.7. The fraction of sp³-hybridized carbons (Fsp3) is 0.222. The highest BCUT2D eigenvalue weighted by Crippen LogP contribution is 2.03. The Bertz CT molecular complexity index is 647. The molecule has 0 saturated heterocycles. The molecule has 2 N–H and O–H groups in total. The molecule has 2 aromatic carbocycles. The minimum absolute atomic E-state index is 0.0273. The quantitative estimate of drug-likeness (QED) is 0.768. The van der Waals surface area contributed by atoms with Gasteiger partial charge in [-0.1, -0.05) is 42.5 Å². The molecule has 22 heavy (non-hydrogen) atoms. The molecule has 0 heterocycles. The number of carbonyl (C=O) groups excluding carboxylic acids is 1. The van der Waals surface area contributed by atoms with Gasteiger partial charge in [0.15, 0.2) is 0 Å². The van der Waals surface area contributed by atoms with Gasteiger partial charge in [0.25, 0.3) is 0 Å². The molecule has 0 spiro atoms. The van der Waals surface area contributed by atoms with Crippen LogP contribution in [0.15, 0.2) is 54.6 Å². The van der Waals surface area contributed by atoms with E-state index in [1.165, 1.54) is 0 Å². The van der Waals surface area contributed by atoms with Crippen molar-refractivity contribution in [2.24, 2.45) is 0 Å². The molecule has 4 heteroatoms. The van der Waals surface area contributed by atoms with Crippen molar-refractivity contribution in [3.05, 3.63) is 71.3 Å². The molecule has 0 aliphatic heterocycles. The van der Waals surface area contributed by atoms with E-state index in [1.807, 2.05) is 48.5 Å². The lowest BCUT2D eigenvalue weighted by molar-refractivity contribution is -0.120. The Morgan fingerprint density at radius 3 is 2.55 bits per heavy atom. The number of rotatable bonds is 7. The molecule has 2 aromatic rings. The summed E-state index contributed by atoms with van der Waals surface area (Å²) in [5, 5.41) is 15.0. The third-order valence-corrected chi connectivity index (χ3v) is 3.22. The van der Waals surface area contributed by atoms with Crippen molar-refractivity contribution in [3.8, 4) is 6.07 Å². The van der Waals surface area contributed by atoms with Crippen LogP contribution in [0.1, 0.15) is 16.7 Å². The predicted octanol–water partition coefficient (Wildman–Crippen LogP) is 2.01. The molecular formula is C18H19N3O. The van der Waals surface area contributed by atoms with E-state index in [1.54, 1.807) is 6.07 Å². The molecule has 0 bridgehead atoms. The average Bonchev–Trinajstić information content (AvgIpc) is 2.55. The fourth-order valence-electron chi connectivity index (χ4n) is 2.12. The second-order valence-electron chi connectivity index (χ2n) is 5.00. The van der Waals surface area contributed by atoms with Crippen molar-refractivity contribution >= 4 is 5.91 Å². The van der Waals surface area contributed by atoms with Crippen LogP contribution >= 0.6 is 0 Å². The lowest BCUT2D eigenvalue weighted by Gasteiger charge is -2.07. The molecule has 0 aliphatic carbocycles. The second-order valence-corrected chi connectivity index (χ2v) is 5.00. The average molecular weight is 293 g/mol. The Morgan fingerprint density at radius 1 is 1.00 bits per heavy atom. The van der Waals surface area contributed by atoms with Crippen LogP contribution in [-0.4, -0.2) is 19.0 Å². The summed E-state index contributed by atoms with van der Waals surface area (Å²) < 4.78 is 0. The van der Waals surface area contributed by atoms with E-state index in [4.69, 9.17) is 5.26 Å². The molecule has 0 saturated carbocycles. The van der Waals surface area contributed by atoms with Gasteiger partial charge in [-0.2, -0.15) is 5.26 Å². The Kier molecular flexibility index (Phi) is 6.16. The first-order valence-corrected chi connectivity index (χ1v) is 7.28. The van der Waals surface area contributed by atoms with Crippen molar-refractivity contribution in [1.29, 1.82) is 5.26 Å². The lowest BCUT2D eigenvalue weighted by atomic mass is 10.1. The van der Waals surface area contributed by atoms with Gasteiger partial charge in [0.05, 0.1) is 18.1 Å². The van der Waals surface area contributed by atoms with Gasteiger partial charge >= 0.3 is 0 Å². The monoisotopic (exact) mass is 293 g/mol. The van der Waals surface area contributed by atoms with Gasteiger partial charge in [-0.15, -0.1) is 0 Å². The van der Waals surface area contributed by atoms with Crippen LogP contribution in [-0.2, 0) is 17.8 Å². The zero-order chi connectivity index (χ0) is 15.6. The van der Waals surface area contributed by atoms with Crippen LogP contribution in [0, 0.1) is 11.3 Å². The van der Waals surface area contributed by atoms with Gasteiger partial charge in [0.1, 0.15) is 0 Å². The Labute approximate surface area is 130 Å². The summed E-state index contributed by atoms with van der Waals surface area (Å²) in [5.74, 6) is 0.0273. The first-order chi connectivity index (χ1) is 10.8. The molecule has 0 unspecified atom stereocenters. The third kappa shape index (κ3) is 5.39. The lowest BCUT2D eigenvalue weighted by Crippen LogP contribution is -2.32. The molecule has 1 amide bonds. The molecule has 0 fully saturated rings. The van der Waals surface area contributed by atoms with Crippen LogP contribution in [0.4, 0.5) is 0 Å². The Balaban J connectivity index is 1.63. The van der Waals surface area contributed by atoms with E-state index in [0.717, 1.165) is 11.1 Å². The summed E-state index contributed by atoms with van der Waals surface area (Å²) in [6.45, 7) is 1.96. The minimum Gasteiger partial charge on any atom is -0.355 e. The highest BCUT2D eigenvalue weighted by atomic mass is 16.1. The van der Waals surface area contributed by atoms with E-state index in [-0.39, 0.29) is 5.91 Å². The summed E-state index contributed by atoms with van der Waals surface area (Å²) in [6.07, 6.45) is 0.408. The SMILES string of the molecule is N#Cc1cccc(CNCCNC(=O)Cc2ccccc2)c1. The van der Waals surface area contributed by atoms with Gasteiger partial charge in [0.2, 0.25) is 5.91 Å². The predicted molar refractivity (Wildman–Crippen MR) is 86.0 cm³/mol. The van der Waals surface area contributed by atoms with Gasteiger partial charge in [-0.25, -0.2) is 0 Å². The topological polar surface area (TPSA) is 64.9 Å². The highest BCUT2D eigenvalue weighted by Gasteiger charge is 2.01. The maximum absolute atomic E-state index is 11.8. The summed E-state index contributed by atoms with van der Waals surface area (Å²) in [6, 6.07) is 19.3. The summed E-state index contributed by atoms with van der Waals surface area (Å²) in [5.41, 5.74) is 2.74. The number of hydrogen-bond acceptors (Lipinski definition) is 3. The smallest absolute Gasteiger partial charge is 0.224 e. The third-order valence-electron chi connectivity index (χ3n) is 3.22. The van der Waals surface area contributed by atoms with Crippen LogP contribution in [0.2, 0.25) is 0 Å². The molecule has 2 rings (SSSR count). The van der Waals surface area contributed by atoms with E-state index in [0.29, 0.717) is 31.6 Å². The van der Waals surface area contributed by atoms with Crippen molar-refractivity contribution in [2.45, 2.75) is 13.0 Å². The van der Waals surface area contributed by atoms with Crippen molar-refractivity contribution in [3.63, 3.8) is 0 Å². The van der Waals surface area contributed by atoms with E-state index in [9.17, 15) is 4.79 Å². The molecule has 4 nitrogen and oxygen atoms in total. The van der Waals surface area contributed by atoms with Crippen molar-refractivity contribution < 1.29 is 4.79 Å². The van der Waals surface area contributed by atoms with Crippen molar-refractivity contribution in [1.82, 2.24) is 10.6 Å². The number of nitrogens with one attached hydrogen (secondary N) is 2. The molecule has 0 aromatic heterocycles. The molecule has 112 valence electrons. The van der Waals surface area contributed by atoms with Crippen LogP contribution in [0.3, 0.4) is 0 Å². The molecular weight excluding hydrogens is 274 g/mol. The maximum Gasteiger partial charge on any atom is 0.224 e. The number of carbonyl (C=O) groups is 1. The minimum atomic E-state index is 0.0273. The molecule has 0 aliphatic rings. The van der Waals surface area contributed by atoms with Gasteiger partial charge < -0.3 is 10.6 Å². The number of nitrogens with zero attached hydrogens (tertiary/aromatic N) is 1. The zero-order valence-electron chi connectivity index (χ0n) is 12.4. The number of hydrogen-bond donors (Lipinski definition) is 2. The molecule has 0 radical (unpaired) electrons. The number of amides is 1. The second kappa shape index (κ2) is 8.60. The van der Waals surface area contributed by atoms with Crippen LogP contribution in [0.25, 0.3) is 0 Å². The zero-order valence-corrected chi connectivity index (χ0v) is 12.4. The first-order valence-electron chi connectivity index (χ1n) is 7.28. The van der Waals surface area contributed by atoms with Crippen molar-refractivity contribution in [2.75, 3.05) is 13.1 Å². The van der Waals surface area contributed by atoms with Gasteiger partial charge in [0, 0.05) is 19.6 Å². The highest BCUT2D eigenvalue weighted by molar-refractivity contribution is 5.78. The Morgan fingerprint density at radius 2 is 1.77 bits per heavy atom. The summed E-state index contributed by atoms with van der Waals surface area (Å²) in [4.78, 5) is 11.8. The van der Waals surface area contributed by atoms with Gasteiger partial charge in [-0.05, 0) is 23.3 Å². The largest absolute Gasteiger partial charge is 0.355 e. The fourth-order valence-corrected chi connectivity index (χ4v) is 2.12. The Hall–Kier alpha value is -2.64. The normalized spacial score (nSPS) is 9.95. The number of nitriles is 1. The molecule has 0 atom stereocenters. The van der Waals surface area contributed by atoms with Gasteiger partial charge in [-0.3, -0.25) is 4.79 Å². The number of benzene rings is 2. The summed E-state index contributed by atoms with van der Waals surface area (Å²) >= 11 is 0. The van der Waals surface area contributed by atoms with E-state index >= 15 is 0 Å². The van der Waals surface area contributed by atoms with E-state index in [2.05, 4.69) is 16.7 Å².